The summed E-state index contributed by atoms with van der Waals surface area (Å²) in [6, 6.07) is 11.8. The van der Waals surface area contributed by atoms with Gasteiger partial charge in [-0.25, -0.2) is 0 Å². The van der Waals surface area contributed by atoms with Gasteiger partial charge in [-0.1, -0.05) is 35.9 Å². The van der Waals surface area contributed by atoms with Gasteiger partial charge in [0, 0.05) is 17.1 Å². The second kappa shape index (κ2) is 6.94. The first kappa shape index (κ1) is 17.0. The highest BCUT2D eigenvalue weighted by molar-refractivity contribution is 6.31. The molecule has 0 fully saturated rings. The van der Waals surface area contributed by atoms with Gasteiger partial charge in [-0.3, -0.25) is 14.0 Å². The zero-order valence-corrected chi connectivity index (χ0v) is 14.1. The number of carbonyl (C=O) groups excluding carboxylic acids is 1. The molecule has 0 unspecified atom stereocenters. The molecule has 1 N–H and O–H groups in total. The third-order valence-electron chi connectivity index (χ3n) is 3.98. The number of methoxy groups -OCH3 is 1. The van der Waals surface area contributed by atoms with Crippen LogP contribution >= 0.6 is 11.6 Å². The maximum atomic E-state index is 12.9. The van der Waals surface area contributed by atoms with Crippen molar-refractivity contribution in [1.29, 1.82) is 0 Å². The van der Waals surface area contributed by atoms with E-state index in [1.165, 1.54) is 11.5 Å². The van der Waals surface area contributed by atoms with E-state index < -0.39 is 23.3 Å². The number of esters is 1. The third-order valence-corrected chi connectivity index (χ3v) is 4.32. The Kier molecular flexibility index (Phi) is 4.72. The van der Waals surface area contributed by atoms with Crippen LogP contribution in [0.2, 0.25) is 5.02 Å². The first-order valence-corrected chi connectivity index (χ1v) is 7.92. The number of ether oxygens (including phenoxy) is 1. The van der Waals surface area contributed by atoms with Crippen LogP contribution in [0.25, 0.3) is 5.65 Å². The molecule has 6 nitrogen and oxygen atoms in total. The quantitative estimate of drug-likeness (QED) is 0.725. The molecule has 0 radical (unpaired) electrons. The number of pyridine rings is 1. The fourth-order valence-electron chi connectivity index (χ4n) is 2.77. The molecule has 1 atom stereocenters. The standard InChI is InChI=1S/C18H15ClN2O4/c1-25-15(22)10-12(11-6-2-3-7-13(11)19)16-17(23)20-14-8-4-5-9-21(14)18(16)24/h2-9,12,23H,10H2,1H3/t12-/m1/s1. The molecule has 0 amide bonds. The van der Waals surface area contributed by atoms with E-state index in [2.05, 4.69) is 4.98 Å². The van der Waals surface area contributed by atoms with Gasteiger partial charge in [-0.15, -0.1) is 0 Å². The largest absolute Gasteiger partial charge is 0.493 e. The summed E-state index contributed by atoms with van der Waals surface area (Å²) in [5.74, 6) is -1.73. The molecule has 0 saturated heterocycles. The molecule has 0 aliphatic carbocycles. The zero-order valence-electron chi connectivity index (χ0n) is 13.3. The molecule has 0 bridgehead atoms. The van der Waals surface area contributed by atoms with Gasteiger partial charge >= 0.3 is 5.97 Å². The SMILES string of the molecule is COC(=O)C[C@H](c1ccccc1Cl)c1c(O)nc2ccccn2c1=O. The number of hydrogen-bond donors (Lipinski definition) is 1. The van der Waals surface area contributed by atoms with Crippen LogP contribution in [-0.4, -0.2) is 27.6 Å². The van der Waals surface area contributed by atoms with Crippen molar-refractivity contribution in [1.82, 2.24) is 9.38 Å². The van der Waals surface area contributed by atoms with Crippen LogP contribution in [0.15, 0.2) is 53.5 Å². The Bertz CT molecular complexity index is 1000. The molecule has 0 spiro atoms. The fourth-order valence-corrected chi connectivity index (χ4v) is 3.04. The van der Waals surface area contributed by atoms with Gasteiger partial charge in [-0.2, -0.15) is 4.98 Å². The minimum atomic E-state index is -0.779. The van der Waals surface area contributed by atoms with Gasteiger partial charge in [-0.05, 0) is 23.8 Å². The van der Waals surface area contributed by atoms with Crippen LogP contribution in [0.3, 0.4) is 0 Å². The summed E-state index contributed by atoms with van der Waals surface area (Å²) < 4.78 is 6.05. The molecule has 128 valence electrons. The van der Waals surface area contributed by atoms with E-state index in [0.29, 0.717) is 16.2 Å². The van der Waals surface area contributed by atoms with E-state index in [1.54, 1.807) is 48.7 Å². The first-order valence-electron chi connectivity index (χ1n) is 7.54. The van der Waals surface area contributed by atoms with E-state index in [-0.39, 0.29) is 12.0 Å². The van der Waals surface area contributed by atoms with Crippen LogP contribution in [0.4, 0.5) is 0 Å². The number of carbonyl (C=O) groups is 1. The van der Waals surface area contributed by atoms with E-state index in [1.807, 2.05) is 0 Å². The predicted octanol–water partition coefficient (Wildman–Crippen LogP) is 2.75. The number of aromatic nitrogens is 2. The lowest BCUT2D eigenvalue weighted by Crippen LogP contribution is -2.24. The smallest absolute Gasteiger partial charge is 0.306 e. The summed E-state index contributed by atoms with van der Waals surface area (Å²) in [5, 5.41) is 10.8. The topological polar surface area (TPSA) is 80.9 Å². The highest BCUT2D eigenvalue weighted by atomic mass is 35.5. The Morgan fingerprint density at radius 3 is 2.72 bits per heavy atom. The molecule has 3 rings (SSSR count). The van der Waals surface area contributed by atoms with Crippen LogP contribution in [0.5, 0.6) is 5.88 Å². The summed E-state index contributed by atoms with van der Waals surface area (Å²) in [4.78, 5) is 28.9. The lowest BCUT2D eigenvalue weighted by atomic mass is 9.89. The number of halogens is 1. The minimum absolute atomic E-state index is 0.00204. The number of nitrogens with zero attached hydrogens (tertiary/aromatic N) is 2. The summed E-state index contributed by atoms with van der Waals surface area (Å²) in [6.45, 7) is 0. The van der Waals surface area contributed by atoms with E-state index in [4.69, 9.17) is 16.3 Å². The molecular formula is C18H15ClN2O4. The van der Waals surface area contributed by atoms with Crippen LogP contribution < -0.4 is 5.56 Å². The molecule has 2 heterocycles. The van der Waals surface area contributed by atoms with Crippen molar-refractivity contribution >= 4 is 23.2 Å². The lowest BCUT2D eigenvalue weighted by molar-refractivity contribution is -0.140. The van der Waals surface area contributed by atoms with Crippen molar-refractivity contribution in [3.8, 4) is 5.88 Å². The molecule has 0 saturated carbocycles. The highest BCUT2D eigenvalue weighted by Gasteiger charge is 2.28. The number of fused-ring (bicyclic) bond motifs is 1. The van der Waals surface area contributed by atoms with Gasteiger partial charge in [0.2, 0.25) is 5.88 Å². The van der Waals surface area contributed by atoms with Crippen LogP contribution in [-0.2, 0) is 9.53 Å². The van der Waals surface area contributed by atoms with Crippen molar-refractivity contribution in [3.63, 3.8) is 0 Å². The average molecular weight is 359 g/mol. The average Bonchev–Trinajstić information content (AvgIpc) is 2.61. The lowest BCUT2D eigenvalue weighted by Gasteiger charge is -2.18. The minimum Gasteiger partial charge on any atom is -0.493 e. The molecule has 3 aromatic rings. The van der Waals surface area contributed by atoms with Gasteiger partial charge in [0.25, 0.3) is 5.56 Å². The van der Waals surface area contributed by atoms with E-state index >= 15 is 0 Å². The van der Waals surface area contributed by atoms with Crippen molar-refractivity contribution in [2.75, 3.05) is 7.11 Å². The Morgan fingerprint density at radius 1 is 1.28 bits per heavy atom. The summed E-state index contributed by atoms with van der Waals surface area (Å²) >= 11 is 6.26. The van der Waals surface area contributed by atoms with Crippen molar-refractivity contribution in [2.24, 2.45) is 0 Å². The summed E-state index contributed by atoms with van der Waals surface area (Å²) in [6.07, 6.45) is 1.40. The van der Waals surface area contributed by atoms with Crippen molar-refractivity contribution in [3.05, 3.63) is 75.2 Å². The first-order chi connectivity index (χ1) is 12.0. The van der Waals surface area contributed by atoms with Gasteiger partial charge in [0.05, 0.1) is 19.1 Å². The van der Waals surface area contributed by atoms with Crippen LogP contribution in [0.1, 0.15) is 23.5 Å². The van der Waals surface area contributed by atoms with Crippen molar-refractivity contribution < 1.29 is 14.6 Å². The Morgan fingerprint density at radius 2 is 2.00 bits per heavy atom. The second-order valence-electron chi connectivity index (χ2n) is 5.44. The Labute approximate surface area is 148 Å². The number of rotatable bonds is 4. The van der Waals surface area contributed by atoms with E-state index in [0.717, 1.165) is 0 Å². The van der Waals surface area contributed by atoms with E-state index in [9.17, 15) is 14.7 Å². The van der Waals surface area contributed by atoms with Gasteiger partial charge in [0.15, 0.2) is 0 Å². The predicted molar refractivity (Wildman–Crippen MR) is 93.1 cm³/mol. The second-order valence-corrected chi connectivity index (χ2v) is 5.84. The molecule has 2 aromatic heterocycles. The number of benzene rings is 1. The van der Waals surface area contributed by atoms with Gasteiger partial charge < -0.3 is 9.84 Å². The molecule has 25 heavy (non-hydrogen) atoms. The molecule has 0 aliphatic rings. The number of aromatic hydroxyl groups is 1. The maximum absolute atomic E-state index is 12.9. The Hall–Kier alpha value is -2.86. The summed E-state index contributed by atoms with van der Waals surface area (Å²) in [7, 11) is 1.26. The monoisotopic (exact) mass is 358 g/mol. The Balaban J connectivity index is 2.27. The molecule has 7 heteroatoms. The van der Waals surface area contributed by atoms with Crippen molar-refractivity contribution in [2.45, 2.75) is 12.3 Å². The normalized spacial score (nSPS) is 12.1. The zero-order chi connectivity index (χ0) is 18.0. The number of hydrogen-bond acceptors (Lipinski definition) is 5. The highest BCUT2D eigenvalue weighted by Crippen LogP contribution is 2.35. The third kappa shape index (κ3) is 3.21. The molecular weight excluding hydrogens is 344 g/mol. The molecule has 1 aromatic carbocycles. The van der Waals surface area contributed by atoms with Gasteiger partial charge in [0.1, 0.15) is 5.65 Å². The molecule has 0 aliphatic heterocycles. The fraction of sp³-hybridized carbons (Fsp3) is 0.167. The maximum Gasteiger partial charge on any atom is 0.306 e. The summed E-state index contributed by atoms with van der Waals surface area (Å²) in [5.41, 5.74) is 0.392. The van der Waals surface area contributed by atoms with Crippen LogP contribution in [0, 0.1) is 0 Å².